The molecule has 0 radical (unpaired) electrons. The Bertz CT molecular complexity index is 1140. The second-order valence-corrected chi connectivity index (χ2v) is 10.7. The van der Waals surface area contributed by atoms with Crippen molar-refractivity contribution in [2.45, 2.75) is 46.2 Å². The van der Waals surface area contributed by atoms with Crippen molar-refractivity contribution in [3.63, 3.8) is 0 Å². The first kappa shape index (κ1) is 28.5. The number of aryl methyl sites for hydroxylation is 1. The molecule has 0 bridgehead atoms. The highest BCUT2D eigenvalue weighted by Gasteiger charge is 2.31. The Morgan fingerprint density at radius 1 is 1.17 bits per heavy atom. The Labute approximate surface area is 213 Å². The fourth-order valence-corrected chi connectivity index (χ4v) is 4.55. The van der Waals surface area contributed by atoms with E-state index in [0.29, 0.717) is 11.6 Å². The molecule has 2 aromatic rings. The van der Waals surface area contributed by atoms with Crippen molar-refractivity contribution >= 4 is 39.1 Å². The van der Waals surface area contributed by atoms with Gasteiger partial charge in [0.25, 0.3) is 0 Å². The molecule has 192 valence electrons. The van der Waals surface area contributed by atoms with E-state index in [1.807, 2.05) is 38.1 Å². The summed E-state index contributed by atoms with van der Waals surface area (Å²) in [7, 11) is -2.49. The summed E-state index contributed by atoms with van der Waals surface area (Å²) in [4.78, 5) is 27.9. The first-order chi connectivity index (χ1) is 16.5. The first-order valence-corrected chi connectivity index (χ1v) is 13.6. The summed E-state index contributed by atoms with van der Waals surface area (Å²) < 4.78 is 31.7. The fraction of sp³-hybridized carbons (Fsp3) is 0.440. The number of benzene rings is 2. The number of sulfonamides is 1. The van der Waals surface area contributed by atoms with Crippen molar-refractivity contribution < 1.29 is 22.7 Å². The number of unbranched alkanes of at least 4 members (excludes halogenated alkanes) is 1. The summed E-state index contributed by atoms with van der Waals surface area (Å²) in [5.41, 5.74) is 1.97. The van der Waals surface area contributed by atoms with Gasteiger partial charge in [0.1, 0.15) is 18.3 Å². The Hall–Kier alpha value is -2.78. The molecule has 0 unspecified atom stereocenters. The number of halogens is 1. The number of amides is 2. The molecule has 1 atom stereocenters. The van der Waals surface area contributed by atoms with E-state index in [2.05, 4.69) is 5.32 Å². The molecule has 2 aromatic carbocycles. The molecule has 0 aromatic heterocycles. The Morgan fingerprint density at radius 3 is 2.46 bits per heavy atom. The van der Waals surface area contributed by atoms with E-state index in [0.717, 1.165) is 34.5 Å². The van der Waals surface area contributed by atoms with Gasteiger partial charge in [0, 0.05) is 18.1 Å². The molecule has 0 saturated carbocycles. The van der Waals surface area contributed by atoms with Crippen molar-refractivity contribution in [2.75, 3.05) is 30.8 Å². The van der Waals surface area contributed by atoms with Crippen LogP contribution in [0, 0.1) is 6.92 Å². The molecule has 1 N–H and O–H groups in total. The van der Waals surface area contributed by atoms with Crippen molar-refractivity contribution in [3.05, 3.63) is 58.6 Å². The molecule has 10 heteroatoms. The molecule has 0 saturated heterocycles. The highest BCUT2D eigenvalue weighted by molar-refractivity contribution is 7.92. The van der Waals surface area contributed by atoms with E-state index in [-0.39, 0.29) is 23.9 Å². The van der Waals surface area contributed by atoms with Gasteiger partial charge < -0.3 is 15.0 Å². The molecule has 0 fully saturated rings. The van der Waals surface area contributed by atoms with Crippen LogP contribution in [0.2, 0.25) is 5.02 Å². The Morgan fingerprint density at radius 2 is 1.86 bits per heavy atom. The second kappa shape index (κ2) is 12.8. The lowest BCUT2D eigenvalue weighted by Gasteiger charge is -2.32. The minimum Gasteiger partial charge on any atom is -0.495 e. The first-order valence-electron chi connectivity index (χ1n) is 11.4. The summed E-state index contributed by atoms with van der Waals surface area (Å²) >= 11 is 6.12. The lowest BCUT2D eigenvalue weighted by Crippen LogP contribution is -2.51. The zero-order valence-corrected chi connectivity index (χ0v) is 22.4. The van der Waals surface area contributed by atoms with Gasteiger partial charge in [0.15, 0.2) is 0 Å². The van der Waals surface area contributed by atoms with Crippen LogP contribution in [0.15, 0.2) is 42.5 Å². The lowest BCUT2D eigenvalue weighted by atomic mass is 10.1. The third-order valence-electron chi connectivity index (χ3n) is 5.69. The van der Waals surface area contributed by atoms with Crippen LogP contribution in [0.25, 0.3) is 0 Å². The minimum absolute atomic E-state index is 0.145. The molecule has 35 heavy (non-hydrogen) atoms. The zero-order valence-electron chi connectivity index (χ0n) is 20.9. The van der Waals surface area contributed by atoms with Gasteiger partial charge >= 0.3 is 0 Å². The van der Waals surface area contributed by atoms with Crippen LogP contribution >= 0.6 is 11.6 Å². The minimum atomic E-state index is -3.89. The van der Waals surface area contributed by atoms with E-state index < -0.39 is 28.5 Å². The number of carbonyl (C=O) groups is 2. The number of nitrogens with one attached hydrogen (secondary N) is 1. The third-order valence-corrected chi connectivity index (χ3v) is 7.05. The summed E-state index contributed by atoms with van der Waals surface area (Å²) in [5.74, 6) is -0.575. The van der Waals surface area contributed by atoms with E-state index in [1.54, 1.807) is 13.0 Å². The van der Waals surface area contributed by atoms with Gasteiger partial charge in [-0.05, 0) is 49.6 Å². The monoisotopic (exact) mass is 523 g/mol. The molecule has 2 amide bonds. The molecule has 0 aliphatic rings. The number of ether oxygens (including phenoxy) is 1. The number of hydrogen-bond donors (Lipinski definition) is 1. The average Bonchev–Trinajstić information content (AvgIpc) is 2.80. The largest absolute Gasteiger partial charge is 0.495 e. The molecule has 0 heterocycles. The maximum atomic E-state index is 13.6. The van der Waals surface area contributed by atoms with Crippen LogP contribution in [-0.4, -0.2) is 57.6 Å². The quantitative estimate of drug-likeness (QED) is 0.427. The van der Waals surface area contributed by atoms with Crippen LogP contribution in [0.5, 0.6) is 5.75 Å². The number of carbonyl (C=O) groups excluding carboxylic acids is 2. The summed E-state index contributed by atoms with van der Waals surface area (Å²) in [6.07, 6.45) is 2.75. The predicted molar refractivity (Wildman–Crippen MR) is 139 cm³/mol. The fourth-order valence-electron chi connectivity index (χ4n) is 3.54. The summed E-state index contributed by atoms with van der Waals surface area (Å²) in [6.45, 7) is 5.71. The predicted octanol–water partition coefficient (Wildman–Crippen LogP) is 3.76. The van der Waals surface area contributed by atoms with Gasteiger partial charge in [-0.3, -0.25) is 13.9 Å². The van der Waals surface area contributed by atoms with Gasteiger partial charge in [-0.1, -0.05) is 49.2 Å². The number of methoxy groups -OCH3 is 1. The van der Waals surface area contributed by atoms with E-state index in [1.165, 1.54) is 24.1 Å². The standard InChI is InChI=1S/C25H34ClN3O5S/c1-6-7-14-27-25(31)19(3)28(16-20-11-9-8-10-18(20)2)24(30)17-29(35(5,32)33)22-15-21(26)12-13-23(22)34-4/h8-13,15,19H,6-7,14,16-17H2,1-5H3,(H,27,31)/t19-/m0/s1. The van der Waals surface area contributed by atoms with Crippen LogP contribution in [-0.2, 0) is 26.2 Å². The SMILES string of the molecule is CCCCNC(=O)[C@H](C)N(Cc1ccccc1C)C(=O)CN(c1cc(Cl)ccc1OC)S(C)(=O)=O. The molecular formula is C25H34ClN3O5S. The van der Waals surface area contributed by atoms with Crippen LogP contribution < -0.4 is 14.4 Å². The number of rotatable bonds is 12. The Kier molecular flexibility index (Phi) is 10.4. The summed E-state index contributed by atoms with van der Waals surface area (Å²) in [5, 5.41) is 3.15. The van der Waals surface area contributed by atoms with E-state index >= 15 is 0 Å². The highest BCUT2D eigenvalue weighted by atomic mass is 35.5. The second-order valence-electron chi connectivity index (χ2n) is 8.35. The summed E-state index contributed by atoms with van der Waals surface area (Å²) in [6, 6.07) is 11.3. The molecule has 0 spiro atoms. The lowest BCUT2D eigenvalue weighted by molar-refractivity contribution is -0.139. The van der Waals surface area contributed by atoms with E-state index in [4.69, 9.17) is 16.3 Å². The van der Waals surface area contributed by atoms with Gasteiger partial charge in [0.05, 0.1) is 19.1 Å². The smallest absolute Gasteiger partial charge is 0.244 e. The van der Waals surface area contributed by atoms with Gasteiger partial charge in [-0.15, -0.1) is 0 Å². The molecule has 0 aliphatic carbocycles. The number of hydrogen-bond acceptors (Lipinski definition) is 5. The normalized spacial score (nSPS) is 12.1. The topological polar surface area (TPSA) is 96.0 Å². The number of anilines is 1. The van der Waals surface area contributed by atoms with Crippen molar-refractivity contribution in [1.29, 1.82) is 0 Å². The van der Waals surface area contributed by atoms with Crippen LogP contribution in [0.1, 0.15) is 37.8 Å². The van der Waals surface area contributed by atoms with Gasteiger partial charge in [-0.25, -0.2) is 8.42 Å². The van der Waals surface area contributed by atoms with E-state index in [9.17, 15) is 18.0 Å². The third kappa shape index (κ3) is 7.86. The van der Waals surface area contributed by atoms with Gasteiger partial charge in [0.2, 0.25) is 21.8 Å². The maximum Gasteiger partial charge on any atom is 0.244 e. The van der Waals surface area contributed by atoms with Gasteiger partial charge in [-0.2, -0.15) is 0 Å². The molecular weight excluding hydrogens is 490 g/mol. The molecule has 8 nitrogen and oxygen atoms in total. The molecule has 2 rings (SSSR count). The number of nitrogens with zero attached hydrogens (tertiary/aromatic N) is 2. The zero-order chi connectivity index (χ0) is 26.2. The average molecular weight is 524 g/mol. The highest BCUT2D eigenvalue weighted by Crippen LogP contribution is 2.33. The van der Waals surface area contributed by atoms with Crippen molar-refractivity contribution in [3.8, 4) is 5.75 Å². The van der Waals surface area contributed by atoms with Crippen LogP contribution in [0.3, 0.4) is 0 Å². The van der Waals surface area contributed by atoms with Crippen molar-refractivity contribution in [2.24, 2.45) is 0 Å². The Balaban J connectivity index is 2.43. The van der Waals surface area contributed by atoms with Crippen molar-refractivity contribution in [1.82, 2.24) is 10.2 Å². The molecule has 0 aliphatic heterocycles. The maximum absolute atomic E-state index is 13.6. The van der Waals surface area contributed by atoms with Crippen LogP contribution in [0.4, 0.5) is 5.69 Å².